The molecule has 9 heteroatoms. The number of amides is 2. The van der Waals surface area contributed by atoms with Gasteiger partial charge in [0, 0.05) is 38.6 Å². The summed E-state index contributed by atoms with van der Waals surface area (Å²) in [4.78, 5) is 34.1. The summed E-state index contributed by atoms with van der Waals surface area (Å²) in [7, 11) is 0. The molecule has 1 fully saturated rings. The Morgan fingerprint density at radius 3 is 2.43 bits per heavy atom. The monoisotopic (exact) mass is 295 g/mol. The number of hydrogen-bond donors (Lipinski definition) is 3. The average Bonchev–Trinajstić information content (AvgIpc) is 2.53. The molecule has 21 heavy (non-hydrogen) atoms. The van der Waals surface area contributed by atoms with Gasteiger partial charge in [0.25, 0.3) is 0 Å². The number of hydrogen-bond acceptors (Lipinski definition) is 6. The number of nitrogens with one attached hydrogen (secondary N) is 1. The van der Waals surface area contributed by atoms with Gasteiger partial charge in [-0.05, 0) is 6.07 Å². The maximum atomic E-state index is 11.8. The van der Waals surface area contributed by atoms with Crippen molar-refractivity contribution in [3.05, 3.63) is 18.5 Å². The second-order valence-corrected chi connectivity index (χ2v) is 4.56. The minimum absolute atomic E-state index is 0.309. The Hall–Kier alpha value is -2.42. The normalized spacial score (nSPS) is 16.4. The largest absolute Gasteiger partial charge is 0.479 e. The highest BCUT2D eigenvalue weighted by molar-refractivity contribution is 5.77. The van der Waals surface area contributed by atoms with Crippen LogP contribution >= 0.6 is 0 Å². The number of urea groups is 1. The van der Waals surface area contributed by atoms with Crippen LogP contribution in [0, 0.1) is 0 Å². The maximum Gasteiger partial charge on any atom is 0.334 e. The zero-order chi connectivity index (χ0) is 15.2. The molecule has 1 saturated heterocycles. The number of carbonyl (C=O) groups excluding carboxylic acids is 1. The molecule has 0 saturated carbocycles. The molecular weight excluding hydrogens is 278 g/mol. The van der Waals surface area contributed by atoms with Gasteiger partial charge in [0.1, 0.15) is 0 Å². The first-order valence-corrected chi connectivity index (χ1v) is 6.53. The van der Waals surface area contributed by atoms with Crippen molar-refractivity contribution in [1.29, 1.82) is 0 Å². The van der Waals surface area contributed by atoms with E-state index in [2.05, 4.69) is 15.3 Å². The van der Waals surface area contributed by atoms with Crippen molar-refractivity contribution >= 4 is 17.9 Å². The second-order valence-electron chi connectivity index (χ2n) is 4.56. The standard InChI is InChI=1S/C12H17N5O4/c18-9(10(19)20)8-15-12(21)17-6-4-16(5-7-17)11-13-2-1-3-14-11/h1-3,9,18H,4-8H2,(H,15,21)(H,19,20)/t9-/m0/s1. The minimum atomic E-state index is -1.59. The van der Waals surface area contributed by atoms with Gasteiger partial charge in [-0.1, -0.05) is 0 Å². The fourth-order valence-electron chi connectivity index (χ4n) is 1.95. The lowest BCUT2D eigenvalue weighted by Gasteiger charge is -2.34. The van der Waals surface area contributed by atoms with Gasteiger partial charge in [0.15, 0.2) is 6.10 Å². The van der Waals surface area contributed by atoms with Crippen LogP contribution in [0.1, 0.15) is 0 Å². The lowest BCUT2D eigenvalue weighted by Crippen LogP contribution is -2.53. The van der Waals surface area contributed by atoms with Crippen LogP contribution in [0.5, 0.6) is 0 Å². The summed E-state index contributed by atoms with van der Waals surface area (Å²) in [5.74, 6) is -0.736. The smallest absolute Gasteiger partial charge is 0.334 e. The number of aliphatic hydroxyl groups is 1. The van der Waals surface area contributed by atoms with Crippen LogP contribution < -0.4 is 10.2 Å². The highest BCUT2D eigenvalue weighted by atomic mass is 16.4. The van der Waals surface area contributed by atoms with Crippen LogP contribution in [-0.2, 0) is 4.79 Å². The van der Waals surface area contributed by atoms with Crippen LogP contribution in [-0.4, -0.2) is 75.9 Å². The van der Waals surface area contributed by atoms with Crippen LogP contribution in [0.2, 0.25) is 0 Å². The van der Waals surface area contributed by atoms with Gasteiger partial charge in [0.05, 0.1) is 6.54 Å². The molecular formula is C12H17N5O4. The van der Waals surface area contributed by atoms with Crippen LogP contribution in [0.4, 0.5) is 10.7 Å². The van der Waals surface area contributed by atoms with Crippen molar-refractivity contribution in [2.75, 3.05) is 37.6 Å². The average molecular weight is 295 g/mol. The molecule has 1 aromatic rings. The van der Waals surface area contributed by atoms with Crippen molar-refractivity contribution < 1.29 is 19.8 Å². The quantitative estimate of drug-likeness (QED) is 0.635. The van der Waals surface area contributed by atoms with Crippen LogP contribution in [0.15, 0.2) is 18.5 Å². The Labute approximate surface area is 121 Å². The van der Waals surface area contributed by atoms with E-state index in [4.69, 9.17) is 10.2 Å². The third-order valence-corrected chi connectivity index (χ3v) is 3.13. The first-order chi connectivity index (χ1) is 10.1. The van der Waals surface area contributed by atoms with Crippen molar-refractivity contribution in [2.45, 2.75) is 6.10 Å². The highest BCUT2D eigenvalue weighted by Crippen LogP contribution is 2.09. The van der Waals surface area contributed by atoms with E-state index < -0.39 is 12.1 Å². The topological polar surface area (TPSA) is 119 Å². The summed E-state index contributed by atoms with van der Waals surface area (Å²) in [6.45, 7) is 1.84. The Morgan fingerprint density at radius 1 is 1.24 bits per heavy atom. The molecule has 0 bridgehead atoms. The van der Waals surface area contributed by atoms with Gasteiger partial charge in [0.2, 0.25) is 5.95 Å². The molecule has 0 unspecified atom stereocenters. The van der Waals surface area contributed by atoms with E-state index >= 15 is 0 Å². The third kappa shape index (κ3) is 4.02. The highest BCUT2D eigenvalue weighted by Gasteiger charge is 2.23. The SMILES string of the molecule is O=C(O)[C@@H](O)CNC(=O)N1CCN(c2ncccn2)CC1. The van der Waals surface area contributed by atoms with E-state index in [1.165, 1.54) is 0 Å². The Morgan fingerprint density at radius 2 is 1.86 bits per heavy atom. The molecule has 1 aromatic heterocycles. The molecule has 2 heterocycles. The number of rotatable bonds is 4. The molecule has 0 radical (unpaired) electrons. The van der Waals surface area contributed by atoms with Crippen LogP contribution in [0.25, 0.3) is 0 Å². The second kappa shape index (κ2) is 6.84. The summed E-state index contributed by atoms with van der Waals surface area (Å²) in [5, 5.41) is 20.0. The van der Waals surface area contributed by atoms with Gasteiger partial charge in [-0.15, -0.1) is 0 Å². The molecule has 2 amide bonds. The number of carbonyl (C=O) groups is 2. The Balaban J connectivity index is 1.78. The van der Waals surface area contributed by atoms with E-state index in [9.17, 15) is 9.59 Å². The number of aliphatic hydroxyl groups excluding tert-OH is 1. The molecule has 2 rings (SSSR count). The first-order valence-electron chi connectivity index (χ1n) is 6.53. The number of carboxylic acid groups (broad SMARTS) is 1. The molecule has 0 aliphatic carbocycles. The van der Waals surface area contributed by atoms with E-state index in [1.54, 1.807) is 23.4 Å². The Bertz CT molecular complexity index is 490. The molecule has 114 valence electrons. The van der Waals surface area contributed by atoms with E-state index in [1.807, 2.05) is 4.90 Å². The number of carboxylic acids is 1. The lowest BCUT2D eigenvalue weighted by atomic mass is 10.3. The number of piperazine rings is 1. The molecule has 9 nitrogen and oxygen atoms in total. The summed E-state index contributed by atoms with van der Waals surface area (Å²) in [6.07, 6.45) is 1.73. The van der Waals surface area contributed by atoms with E-state index in [0.29, 0.717) is 32.1 Å². The Kier molecular flexibility index (Phi) is 4.88. The summed E-state index contributed by atoms with van der Waals surface area (Å²) >= 11 is 0. The zero-order valence-corrected chi connectivity index (χ0v) is 11.3. The predicted molar refractivity (Wildman–Crippen MR) is 72.9 cm³/mol. The van der Waals surface area contributed by atoms with Gasteiger partial charge in [-0.25, -0.2) is 19.6 Å². The fourth-order valence-corrected chi connectivity index (χ4v) is 1.95. The van der Waals surface area contributed by atoms with Crippen molar-refractivity contribution in [3.8, 4) is 0 Å². The van der Waals surface area contributed by atoms with Gasteiger partial charge in [-0.3, -0.25) is 0 Å². The molecule has 1 atom stereocenters. The first kappa shape index (κ1) is 15.0. The summed E-state index contributed by atoms with van der Waals surface area (Å²) in [5.41, 5.74) is 0. The van der Waals surface area contributed by atoms with Crippen molar-refractivity contribution in [3.63, 3.8) is 0 Å². The molecule has 3 N–H and O–H groups in total. The summed E-state index contributed by atoms with van der Waals surface area (Å²) in [6, 6.07) is 1.35. The van der Waals surface area contributed by atoms with Crippen molar-refractivity contribution in [1.82, 2.24) is 20.2 Å². The minimum Gasteiger partial charge on any atom is -0.479 e. The zero-order valence-electron chi connectivity index (χ0n) is 11.3. The van der Waals surface area contributed by atoms with E-state index in [-0.39, 0.29) is 12.6 Å². The molecule has 0 aromatic carbocycles. The van der Waals surface area contributed by atoms with Gasteiger partial charge >= 0.3 is 12.0 Å². The fraction of sp³-hybridized carbons (Fsp3) is 0.500. The van der Waals surface area contributed by atoms with E-state index in [0.717, 1.165) is 0 Å². The molecule has 1 aliphatic heterocycles. The third-order valence-electron chi connectivity index (χ3n) is 3.13. The number of nitrogens with zero attached hydrogens (tertiary/aromatic N) is 4. The van der Waals surface area contributed by atoms with Crippen molar-refractivity contribution in [2.24, 2.45) is 0 Å². The number of aromatic nitrogens is 2. The molecule has 1 aliphatic rings. The maximum absolute atomic E-state index is 11.8. The lowest BCUT2D eigenvalue weighted by molar-refractivity contribution is -0.146. The predicted octanol–water partition coefficient (Wildman–Crippen LogP) is -1.25. The number of aliphatic carboxylic acids is 1. The molecule has 0 spiro atoms. The van der Waals surface area contributed by atoms with Gasteiger partial charge < -0.3 is 25.3 Å². The summed E-state index contributed by atoms with van der Waals surface area (Å²) < 4.78 is 0. The number of anilines is 1. The van der Waals surface area contributed by atoms with Gasteiger partial charge in [-0.2, -0.15) is 0 Å². The van der Waals surface area contributed by atoms with Crippen LogP contribution in [0.3, 0.4) is 0 Å².